The van der Waals surface area contributed by atoms with Crippen molar-refractivity contribution in [2.45, 2.75) is 32.2 Å². The Morgan fingerprint density at radius 1 is 1.46 bits per heavy atom. The van der Waals surface area contributed by atoms with Crippen molar-refractivity contribution in [3.63, 3.8) is 0 Å². The molecular weight excluding hydrogens is 180 g/mol. The lowest BCUT2D eigenvalue weighted by molar-refractivity contribution is 0.407. The summed E-state index contributed by atoms with van der Waals surface area (Å²) >= 11 is 2.04. The van der Waals surface area contributed by atoms with Gasteiger partial charge in [-0.05, 0) is 44.0 Å². The van der Waals surface area contributed by atoms with E-state index in [2.05, 4.69) is 12.2 Å². The van der Waals surface area contributed by atoms with Crippen LogP contribution in [0.2, 0.25) is 0 Å². The van der Waals surface area contributed by atoms with Crippen molar-refractivity contribution in [1.82, 2.24) is 5.32 Å². The molecular formula is C10H22N2S. The quantitative estimate of drug-likeness (QED) is 0.709. The number of hydrogen-bond donors (Lipinski definition) is 2. The van der Waals surface area contributed by atoms with E-state index in [1.54, 1.807) is 0 Å². The van der Waals surface area contributed by atoms with Gasteiger partial charge in [-0.2, -0.15) is 11.8 Å². The first-order chi connectivity index (χ1) is 6.33. The molecule has 0 aromatic rings. The highest BCUT2D eigenvalue weighted by atomic mass is 32.2. The molecule has 1 aliphatic heterocycles. The Morgan fingerprint density at radius 3 is 2.77 bits per heavy atom. The average Bonchev–Trinajstić information content (AvgIpc) is 2.19. The van der Waals surface area contributed by atoms with Gasteiger partial charge in [-0.3, -0.25) is 0 Å². The monoisotopic (exact) mass is 202 g/mol. The SMILES string of the molecule is CCC(N)CSCC1CCNCC1. The molecule has 0 aliphatic carbocycles. The van der Waals surface area contributed by atoms with Gasteiger partial charge >= 0.3 is 0 Å². The zero-order chi connectivity index (χ0) is 9.52. The molecule has 0 spiro atoms. The molecule has 3 heteroatoms. The highest BCUT2D eigenvalue weighted by Crippen LogP contribution is 2.18. The molecule has 1 rings (SSSR count). The zero-order valence-corrected chi connectivity index (χ0v) is 9.41. The average molecular weight is 202 g/mol. The summed E-state index contributed by atoms with van der Waals surface area (Å²) in [5.41, 5.74) is 5.86. The highest BCUT2D eigenvalue weighted by molar-refractivity contribution is 7.99. The van der Waals surface area contributed by atoms with Crippen LogP contribution in [0.5, 0.6) is 0 Å². The molecule has 0 radical (unpaired) electrons. The highest BCUT2D eigenvalue weighted by Gasteiger charge is 2.12. The Bertz CT molecular complexity index is 124. The second-order valence-corrected chi connectivity index (χ2v) is 4.97. The minimum absolute atomic E-state index is 0.409. The van der Waals surface area contributed by atoms with Gasteiger partial charge in [-0.25, -0.2) is 0 Å². The summed E-state index contributed by atoms with van der Waals surface area (Å²) in [7, 11) is 0. The first-order valence-electron chi connectivity index (χ1n) is 5.37. The van der Waals surface area contributed by atoms with Crippen molar-refractivity contribution in [1.29, 1.82) is 0 Å². The van der Waals surface area contributed by atoms with E-state index in [1.807, 2.05) is 11.8 Å². The van der Waals surface area contributed by atoms with Gasteiger partial charge in [0, 0.05) is 11.8 Å². The maximum absolute atomic E-state index is 5.86. The van der Waals surface area contributed by atoms with Gasteiger partial charge in [0.25, 0.3) is 0 Å². The molecule has 1 fully saturated rings. The van der Waals surface area contributed by atoms with Crippen molar-refractivity contribution in [2.24, 2.45) is 11.7 Å². The summed E-state index contributed by atoms with van der Waals surface area (Å²) in [5.74, 6) is 3.39. The van der Waals surface area contributed by atoms with Crippen molar-refractivity contribution in [3.05, 3.63) is 0 Å². The van der Waals surface area contributed by atoms with Crippen LogP contribution in [-0.2, 0) is 0 Å². The zero-order valence-electron chi connectivity index (χ0n) is 8.59. The third-order valence-corrected chi connectivity index (χ3v) is 4.04. The largest absolute Gasteiger partial charge is 0.327 e. The van der Waals surface area contributed by atoms with Crippen LogP contribution < -0.4 is 11.1 Å². The normalized spacial score (nSPS) is 21.7. The molecule has 1 aliphatic rings. The predicted octanol–water partition coefficient (Wildman–Crippen LogP) is 1.46. The van der Waals surface area contributed by atoms with E-state index in [-0.39, 0.29) is 0 Å². The molecule has 3 N–H and O–H groups in total. The van der Waals surface area contributed by atoms with Crippen LogP contribution in [0.15, 0.2) is 0 Å². The van der Waals surface area contributed by atoms with E-state index in [0.717, 1.165) is 18.1 Å². The van der Waals surface area contributed by atoms with Crippen molar-refractivity contribution < 1.29 is 0 Å². The molecule has 0 bridgehead atoms. The number of rotatable bonds is 5. The minimum Gasteiger partial charge on any atom is -0.327 e. The fraction of sp³-hybridized carbons (Fsp3) is 1.00. The van der Waals surface area contributed by atoms with Crippen LogP contribution >= 0.6 is 11.8 Å². The van der Waals surface area contributed by atoms with Crippen LogP contribution in [0.3, 0.4) is 0 Å². The summed E-state index contributed by atoms with van der Waals surface area (Å²) in [6, 6.07) is 0.409. The predicted molar refractivity (Wildman–Crippen MR) is 61.2 cm³/mol. The third kappa shape index (κ3) is 4.89. The Kier molecular flexibility index (Phi) is 5.83. The summed E-state index contributed by atoms with van der Waals surface area (Å²) in [6.45, 7) is 4.59. The van der Waals surface area contributed by atoms with Crippen LogP contribution in [-0.4, -0.2) is 30.6 Å². The molecule has 1 saturated heterocycles. The topological polar surface area (TPSA) is 38.0 Å². The lowest BCUT2D eigenvalue weighted by Crippen LogP contribution is -2.29. The number of nitrogens with one attached hydrogen (secondary N) is 1. The molecule has 1 atom stereocenters. The second-order valence-electron chi connectivity index (χ2n) is 3.90. The number of piperidine rings is 1. The van der Waals surface area contributed by atoms with Crippen LogP contribution in [0.25, 0.3) is 0 Å². The van der Waals surface area contributed by atoms with Crippen molar-refractivity contribution in [2.75, 3.05) is 24.6 Å². The Morgan fingerprint density at radius 2 is 2.15 bits per heavy atom. The second kappa shape index (κ2) is 6.68. The number of hydrogen-bond acceptors (Lipinski definition) is 3. The van der Waals surface area contributed by atoms with E-state index in [4.69, 9.17) is 5.73 Å². The molecule has 0 saturated carbocycles. The van der Waals surface area contributed by atoms with Gasteiger partial charge in [0.1, 0.15) is 0 Å². The molecule has 0 amide bonds. The van der Waals surface area contributed by atoms with Crippen molar-refractivity contribution >= 4 is 11.8 Å². The number of thioether (sulfide) groups is 1. The minimum atomic E-state index is 0.409. The summed E-state index contributed by atoms with van der Waals surface area (Å²) in [4.78, 5) is 0. The summed E-state index contributed by atoms with van der Waals surface area (Å²) in [5, 5.41) is 3.39. The molecule has 0 aromatic carbocycles. The van der Waals surface area contributed by atoms with Gasteiger partial charge in [0.2, 0.25) is 0 Å². The Balaban J connectivity index is 1.98. The fourth-order valence-electron chi connectivity index (χ4n) is 1.55. The number of nitrogens with two attached hydrogens (primary N) is 1. The Hall–Kier alpha value is 0.270. The van der Waals surface area contributed by atoms with Gasteiger partial charge in [-0.15, -0.1) is 0 Å². The van der Waals surface area contributed by atoms with Gasteiger partial charge in [-0.1, -0.05) is 6.92 Å². The molecule has 13 heavy (non-hydrogen) atoms. The van der Waals surface area contributed by atoms with Crippen molar-refractivity contribution in [3.8, 4) is 0 Å². The fourth-order valence-corrected chi connectivity index (χ4v) is 2.89. The lowest BCUT2D eigenvalue weighted by Gasteiger charge is -2.22. The van der Waals surface area contributed by atoms with E-state index < -0.39 is 0 Å². The summed E-state index contributed by atoms with van der Waals surface area (Å²) < 4.78 is 0. The first-order valence-corrected chi connectivity index (χ1v) is 6.52. The molecule has 1 heterocycles. The Labute approximate surface area is 86.0 Å². The van der Waals surface area contributed by atoms with Gasteiger partial charge < -0.3 is 11.1 Å². The lowest BCUT2D eigenvalue weighted by atomic mass is 10.0. The van der Waals surface area contributed by atoms with Crippen LogP contribution in [0.4, 0.5) is 0 Å². The maximum atomic E-state index is 5.86. The maximum Gasteiger partial charge on any atom is 0.0127 e. The van der Waals surface area contributed by atoms with Crippen LogP contribution in [0, 0.1) is 5.92 Å². The van der Waals surface area contributed by atoms with E-state index in [1.165, 1.54) is 31.7 Å². The molecule has 0 aromatic heterocycles. The van der Waals surface area contributed by atoms with E-state index in [9.17, 15) is 0 Å². The standard InChI is InChI=1S/C10H22N2S/c1-2-10(11)8-13-7-9-3-5-12-6-4-9/h9-10,12H,2-8,11H2,1H3. The van der Waals surface area contributed by atoms with E-state index >= 15 is 0 Å². The first kappa shape index (κ1) is 11.3. The third-order valence-electron chi connectivity index (χ3n) is 2.67. The van der Waals surface area contributed by atoms with Gasteiger partial charge in [0.15, 0.2) is 0 Å². The molecule has 2 nitrogen and oxygen atoms in total. The smallest absolute Gasteiger partial charge is 0.0127 e. The van der Waals surface area contributed by atoms with Crippen LogP contribution in [0.1, 0.15) is 26.2 Å². The molecule has 78 valence electrons. The molecule has 1 unspecified atom stereocenters. The summed E-state index contributed by atoms with van der Waals surface area (Å²) in [6.07, 6.45) is 3.82. The van der Waals surface area contributed by atoms with E-state index in [0.29, 0.717) is 6.04 Å². The van der Waals surface area contributed by atoms with Gasteiger partial charge in [0.05, 0.1) is 0 Å².